The van der Waals surface area contributed by atoms with E-state index in [0.29, 0.717) is 18.0 Å². The first-order chi connectivity index (χ1) is 9.65. The second-order valence-corrected chi connectivity index (χ2v) is 5.10. The molecule has 0 saturated carbocycles. The maximum absolute atomic E-state index is 11.8. The first-order valence-electron chi connectivity index (χ1n) is 6.18. The predicted octanol–water partition coefficient (Wildman–Crippen LogP) is 3.44. The molecule has 20 heavy (non-hydrogen) atoms. The van der Waals surface area contributed by atoms with E-state index in [1.54, 1.807) is 12.1 Å². The summed E-state index contributed by atoms with van der Waals surface area (Å²) >= 11 is 3.35. The summed E-state index contributed by atoms with van der Waals surface area (Å²) in [6, 6.07) is 14.6. The van der Waals surface area contributed by atoms with E-state index in [-0.39, 0.29) is 12.3 Å². The van der Waals surface area contributed by atoms with Gasteiger partial charge in [-0.25, -0.2) is 0 Å². The number of para-hydroxylation sites is 2. The molecule has 0 atom stereocenters. The van der Waals surface area contributed by atoms with Crippen LogP contribution in [-0.4, -0.2) is 12.5 Å². The van der Waals surface area contributed by atoms with Gasteiger partial charge in [0.15, 0.2) is 0 Å². The lowest BCUT2D eigenvalue weighted by Crippen LogP contribution is -2.16. The predicted molar refractivity (Wildman–Crippen MR) is 83.7 cm³/mol. The Bertz CT molecular complexity index is 585. The third-order valence-corrected chi connectivity index (χ3v) is 3.18. The average Bonchev–Trinajstić information content (AvgIpc) is 2.44. The normalized spacial score (nSPS) is 10.1. The minimum Gasteiger partial charge on any atom is -0.493 e. The van der Waals surface area contributed by atoms with Gasteiger partial charge in [0, 0.05) is 4.47 Å². The Morgan fingerprint density at radius 1 is 1.15 bits per heavy atom. The molecule has 0 spiro atoms. The van der Waals surface area contributed by atoms with Crippen LogP contribution in [0.15, 0.2) is 53.0 Å². The van der Waals surface area contributed by atoms with Crippen LogP contribution in [0.4, 0.5) is 11.4 Å². The second-order valence-electron chi connectivity index (χ2n) is 4.19. The smallest absolute Gasteiger partial charge is 0.227 e. The Balaban J connectivity index is 1.78. The Morgan fingerprint density at radius 2 is 1.85 bits per heavy atom. The van der Waals surface area contributed by atoms with Gasteiger partial charge in [-0.05, 0) is 36.4 Å². The number of nitrogens with two attached hydrogens (primary N) is 1. The molecule has 2 aromatic rings. The minimum absolute atomic E-state index is 0.125. The number of carbonyl (C=O) groups is 1. The standard InChI is InChI=1S/C15H15BrN2O2/c16-11-5-7-12(8-6-11)20-10-9-15(19)18-14-4-2-1-3-13(14)17/h1-8H,9-10,17H2,(H,18,19). The summed E-state index contributed by atoms with van der Waals surface area (Å²) in [4.78, 5) is 11.8. The topological polar surface area (TPSA) is 64.3 Å². The van der Waals surface area contributed by atoms with Crippen molar-refractivity contribution in [3.63, 3.8) is 0 Å². The summed E-state index contributed by atoms with van der Waals surface area (Å²) in [7, 11) is 0. The number of anilines is 2. The Hall–Kier alpha value is -2.01. The number of hydrogen-bond acceptors (Lipinski definition) is 3. The van der Waals surface area contributed by atoms with Gasteiger partial charge in [0.2, 0.25) is 5.91 Å². The maximum atomic E-state index is 11.8. The van der Waals surface area contributed by atoms with Crippen molar-refractivity contribution in [2.45, 2.75) is 6.42 Å². The van der Waals surface area contributed by atoms with Gasteiger partial charge in [0.05, 0.1) is 24.4 Å². The molecule has 104 valence electrons. The molecule has 1 amide bonds. The molecule has 0 bridgehead atoms. The van der Waals surface area contributed by atoms with E-state index in [9.17, 15) is 4.79 Å². The summed E-state index contributed by atoms with van der Waals surface area (Å²) in [5.41, 5.74) is 6.93. The zero-order chi connectivity index (χ0) is 14.4. The van der Waals surface area contributed by atoms with Crippen LogP contribution in [0, 0.1) is 0 Å². The van der Waals surface area contributed by atoms with Crippen molar-refractivity contribution in [2.75, 3.05) is 17.7 Å². The molecule has 0 heterocycles. The number of hydrogen-bond donors (Lipinski definition) is 2. The number of halogens is 1. The van der Waals surface area contributed by atoms with Crippen LogP contribution in [0.2, 0.25) is 0 Å². The molecule has 0 fully saturated rings. The molecule has 3 N–H and O–H groups in total. The highest BCUT2D eigenvalue weighted by Crippen LogP contribution is 2.18. The summed E-state index contributed by atoms with van der Waals surface area (Å²) in [5.74, 6) is 0.611. The molecular weight excluding hydrogens is 320 g/mol. The van der Waals surface area contributed by atoms with Crippen LogP contribution in [0.3, 0.4) is 0 Å². The van der Waals surface area contributed by atoms with Gasteiger partial charge in [-0.3, -0.25) is 4.79 Å². The van der Waals surface area contributed by atoms with E-state index in [1.807, 2.05) is 36.4 Å². The van der Waals surface area contributed by atoms with E-state index in [2.05, 4.69) is 21.2 Å². The van der Waals surface area contributed by atoms with Crippen LogP contribution in [-0.2, 0) is 4.79 Å². The molecule has 5 heteroatoms. The Morgan fingerprint density at radius 3 is 2.55 bits per heavy atom. The third-order valence-electron chi connectivity index (χ3n) is 2.65. The van der Waals surface area contributed by atoms with Gasteiger partial charge in [0.1, 0.15) is 5.75 Å². The van der Waals surface area contributed by atoms with Crippen molar-refractivity contribution in [1.82, 2.24) is 0 Å². The fourth-order valence-corrected chi connectivity index (χ4v) is 1.88. The molecule has 4 nitrogen and oxygen atoms in total. The second kappa shape index (κ2) is 6.96. The molecule has 0 aromatic heterocycles. The van der Waals surface area contributed by atoms with E-state index in [4.69, 9.17) is 10.5 Å². The third kappa shape index (κ3) is 4.28. The summed E-state index contributed by atoms with van der Waals surface area (Å²) < 4.78 is 6.47. The molecule has 0 aliphatic carbocycles. The first-order valence-corrected chi connectivity index (χ1v) is 6.97. The summed E-state index contributed by atoms with van der Waals surface area (Å²) in [5, 5.41) is 2.75. The Kier molecular flexibility index (Phi) is 5.01. The fraction of sp³-hybridized carbons (Fsp3) is 0.133. The fourth-order valence-electron chi connectivity index (χ4n) is 1.62. The van der Waals surface area contributed by atoms with Crippen LogP contribution in [0.25, 0.3) is 0 Å². The minimum atomic E-state index is -0.125. The lowest BCUT2D eigenvalue weighted by molar-refractivity contribution is -0.116. The van der Waals surface area contributed by atoms with Crippen LogP contribution in [0.5, 0.6) is 5.75 Å². The van der Waals surface area contributed by atoms with E-state index in [0.717, 1.165) is 10.2 Å². The highest BCUT2D eigenvalue weighted by Gasteiger charge is 2.05. The van der Waals surface area contributed by atoms with E-state index < -0.39 is 0 Å². The highest BCUT2D eigenvalue weighted by atomic mass is 79.9. The van der Waals surface area contributed by atoms with Crippen molar-refractivity contribution in [3.05, 3.63) is 53.0 Å². The summed E-state index contributed by atoms with van der Waals surface area (Å²) in [6.45, 7) is 0.320. The van der Waals surface area contributed by atoms with E-state index >= 15 is 0 Å². The number of rotatable bonds is 5. The van der Waals surface area contributed by atoms with E-state index in [1.165, 1.54) is 0 Å². The maximum Gasteiger partial charge on any atom is 0.227 e. The molecule has 0 aliphatic rings. The lowest BCUT2D eigenvalue weighted by atomic mass is 10.2. The van der Waals surface area contributed by atoms with Gasteiger partial charge in [-0.1, -0.05) is 28.1 Å². The molecule has 2 aromatic carbocycles. The quantitative estimate of drug-likeness (QED) is 0.823. The van der Waals surface area contributed by atoms with Crippen LogP contribution >= 0.6 is 15.9 Å². The summed E-state index contributed by atoms with van der Waals surface area (Å²) in [6.07, 6.45) is 0.268. The molecular formula is C15H15BrN2O2. The van der Waals surface area contributed by atoms with Crippen molar-refractivity contribution in [1.29, 1.82) is 0 Å². The zero-order valence-corrected chi connectivity index (χ0v) is 12.4. The van der Waals surface area contributed by atoms with Gasteiger partial charge >= 0.3 is 0 Å². The zero-order valence-electron chi connectivity index (χ0n) is 10.8. The number of nitrogen functional groups attached to an aromatic ring is 1. The van der Waals surface area contributed by atoms with Crippen molar-refractivity contribution in [2.24, 2.45) is 0 Å². The van der Waals surface area contributed by atoms with Gasteiger partial charge < -0.3 is 15.8 Å². The van der Waals surface area contributed by atoms with Crippen molar-refractivity contribution < 1.29 is 9.53 Å². The molecule has 0 aliphatic heterocycles. The molecule has 2 rings (SSSR count). The number of amides is 1. The van der Waals surface area contributed by atoms with Crippen LogP contribution < -0.4 is 15.8 Å². The molecule has 0 saturated heterocycles. The Labute approximate surface area is 126 Å². The van der Waals surface area contributed by atoms with Gasteiger partial charge in [0.25, 0.3) is 0 Å². The SMILES string of the molecule is Nc1ccccc1NC(=O)CCOc1ccc(Br)cc1. The monoisotopic (exact) mass is 334 g/mol. The molecule has 0 radical (unpaired) electrons. The molecule has 0 unspecified atom stereocenters. The van der Waals surface area contributed by atoms with Crippen LogP contribution in [0.1, 0.15) is 6.42 Å². The number of carbonyl (C=O) groups excluding carboxylic acids is 1. The number of ether oxygens (including phenoxy) is 1. The highest BCUT2D eigenvalue weighted by molar-refractivity contribution is 9.10. The lowest BCUT2D eigenvalue weighted by Gasteiger charge is -2.09. The number of benzene rings is 2. The van der Waals surface area contributed by atoms with Crippen molar-refractivity contribution >= 4 is 33.2 Å². The van der Waals surface area contributed by atoms with Gasteiger partial charge in [-0.15, -0.1) is 0 Å². The van der Waals surface area contributed by atoms with Gasteiger partial charge in [-0.2, -0.15) is 0 Å². The first kappa shape index (κ1) is 14.4. The van der Waals surface area contributed by atoms with Crippen molar-refractivity contribution in [3.8, 4) is 5.75 Å². The largest absolute Gasteiger partial charge is 0.493 e. The number of nitrogens with one attached hydrogen (secondary N) is 1. The average molecular weight is 335 g/mol.